The minimum Gasteiger partial charge on any atom is -0.464 e. The van der Waals surface area contributed by atoms with Crippen LogP contribution >= 0.6 is 0 Å². The number of aromatic nitrogens is 3. The van der Waals surface area contributed by atoms with Gasteiger partial charge >= 0.3 is 6.01 Å². The van der Waals surface area contributed by atoms with Gasteiger partial charge in [-0.3, -0.25) is 5.43 Å². The van der Waals surface area contributed by atoms with E-state index >= 15 is 0 Å². The number of nitrogen functional groups attached to an aromatic ring is 1. The van der Waals surface area contributed by atoms with E-state index in [2.05, 4.69) is 50.0 Å². The summed E-state index contributed by atoms with van der Waals surface area (Å²) in [5.41, 5.74) is 5.22. The molecule has 21 heavy (non-hydrogen) atoms. The van der Waals surface area contributed by atoms with Gasteiger partial charge in [0, 0.05) is 12.5 Å². The molecular formula is C14H18N6O. The summed E-state index contributed by atoms with van der Waals surface area (Å²) in [6.07, 6.45) is 1.08. The first kappa shape index (κ1) is 13.6. The summed E-state index contributed by atoms with van der Waals surface area (Å²) >= 11 is 0. The molecular weight excluding hydrogens is 268 g/mol. The van der Waals surface area contributed by atoms with Crippen LogP contribution in [0.15, 0.2) is 24.3 Å². The first-order valence-electron chi connectivity index (χ1n) is 6.97. The highest BCUT2D eigenvalue weighted by Gasteiger charge is 2.25. The Morgan fingerprint density at radius 2 is 2.05 bits per heavy atom. The lowest BCUT2D eigenvalue weighted by atomic mass is 9.78. The Hall–Kier alpha value is -2.41. The van der Waals surface area contributed by atoms with E-state index < -0.39 is 0 Å². The van der Waals surface area contributed by atoms with Crippen LogP contribution in [-0.2, 0) is 6.42 Å². The number of hydrogen-bond acceptors (Lipinski definition) is 7. The van der Waals surface area contributed by atoms with E-state index in [9.17, 15) is 0 Å². The van der Waals surface area contributed by atoms with Gasteiger partial charge in [0.25, 0.3) is 0 Å². The van der Waals surface area contributed by atoms with Crippen LogP contribution in [-0.4, -0.2) is 28.1 Å². The number of rotatable bonds is 6. The van der Waals surface area contributed by atoms with Crippen molar-refractivity contribution in [2.45, 2.75) is 19.3 Å². The molecule has 1 atom stereocenters. The van der Waals surface area contributed by atoms with E-state index in [1.165, 1.54) is 11.1 Å². The third kappa shape index (κ3) is 2.87. The molecule has 1 aliphatic carbocycles. The van der Waals surface area contributed by atoms with Gasteiger partial charge in [0.15, 0.2) is 0 Å². The second-order valence-electron chi connectivity index (χ2n) is 4.82. The van der Waals surface area contributed by atoms with Crippen molar-refractivity contribution in [3.63, 3.8) is 0 Å². The summed E-state index contributed by atoms with van der Waals surface area (Å²) in [6.45, 7) is 3.14. The molecule has 0 spiro atoms. The molecule has 110 valence electrons. The van der Waals surface area contributed by atoms with Gasteiger partial charge in [0.2, 0.25) is 11.9 Å². The number of fused-ring (bicyclic) bond motifs is 1. The summed E-state index contributed by atoms with van der Waals surface area (Å²) in [6, 6.07) is 8.73. The van der Waals surface area contributed by atoms with Crippen LogP contribution in [0.25, 0.3) is 0 Å². The molecule has 2 aromatic rings. The number of hydrazine groups is 1. The Kier molecular flexibility index (Phi) is 3.83. The summed E-state index contributed by atoms with van der Waals surface area (Å²) in [5, 5.41) is 3.22. The quantitative estimate of drug-likeness (QED) is 0.544. The fourth-order valence-electron chi connectivity index (χ4n) is 2.45. The van der Waals surface area contributed by atoms with Crippen LogP contribution in [0, 0.1) is 0 Å². The van der Waals surface area contributed by atoms with E-state index in [1.54, 1.807) is 0 Å². The van der Waals surface area contributed by atoms with Gasteiger partial charge in [0.05, 0.1) is 6.61 Å². The number of ether oxygens (including phenoxy) is 1. The van der Waals surface area contributed by atoms with Crippen molar-refractivity contribution in [1.29, 1.82) is 0 Å². The van der Waals surface area contributed by atoms with Gasteiger partial charge in [-0.15, -0.1) is 0 Å². The molecule has 0 fully saturated rings. The molecule has 4 N–H and O–H groups in total. The molecule has 0 saturated heterocycles. The van der Waals surface area contributed by atoms with E-state index in [1.807, 2.05) is 6.92 Å². The maximum Gasteiger partial charge on any atom is 0.323 e. The third-order valence-electron chi connectivity index (χ3n) is 3.49. The second kappa shape index (κ2) is 5.92. The molecule has 1 aromatic heterocycles. The number of nitrogens with zero attached hydrogens (tertiary/aromatic N) is 3. The molecule has 0 radical (unpaired) electrons. The summed E-state index contributed by atoms with van der Waals surface area (Å²) < 4.78 is 5.29. The topological polar surface area (TPSA) is 98.0 Å². The van der Waals surface area contributed by atoms with Gasteiger partial charge in [-0.1, -0.05) is 24.3 Å². The first-order valence-corrected chi connectivity index (χ1v) is 6.97. The van der Waals surface area contributed by atoms with Gasteiger partial charge < -0.3 is 10.1 Å². The number of nitrogens with one attached hydrogen (secondary N) is 2. The van der Waals surface area contributed by atoms with Crippen molar-refractivity contribution < 1.29 is 4.74 Å². The van der Waals surface area contributed by atoms with Crippen molar-refractivity contribution in [1.82, 2.24) is 15.0 Å². The highest BCUT2D eigenvalue weighted by molar-refractivity contribution is 5.42. The second-order valence-corrected chi connectivity index (χ2v) is 4.82. The lowest BCUT2D eigenvalue weighted by Gasteiger charge is -2.30. The Balaban J connectivity index is 1.67. The van der Waals surface area contributed by atoms with Crippen LogP contribution in [0.2, 0.25) is 0 Å². The molecule has 0 amide bonds. The van der Waals surface area contributed by atoms with Crippen molar-refractivity contribution in [3.05, 3.63) is 35.4 Å². The zero-order valence-electron chi connectivity index (χ0n) is 11.8. The van der Waals surface area contributed by atoms with Gasteiger partial charge in [-0.2, -0.15) is 15.0 Å². The predicted molar refractivity (Wildman–Crippen MR) is 80.2 cm³/mol. The zero-order valence-corrected chi connectivity index (χ0v) is 11.8. The number of anilines is 2. The fraction of sp³-hybridized carbons (Fsp3) is 0.357. The molecule has 0 aliphatic heterocycles. The Bertz CT molecular complexity index is 633. The van der Waals surface area contributed by atoms with Crippen molar-refractivity contribution in [2.75, 3.05) is 23.9 Å². The Morgan fingerprint density at radius 1 is 1.24 bits per heavy atom. The minimum absolute atomic E-state index is 0.261. The summed E-state index contributed by atoms with van der Waals surface area (Å²) in [7, 11) is 0. The van der Waals surface area contributed by atoms with Gasteiger partial charge in [-0.05, 0) is 24.5 Å². The van der Waals surface area contributed by atoms with E-state index in [0.717, 1.165) is 13.0 Å². The van der Waals surface area contributed by atoms with E-state index in [-0.39, 0.29) is 12.0 Å². The average Bonchev–Trinajstić information content (AvgIpc) is 2.48. The zero-order chi connectivity index (χ0) is 14.7. The lowest BCUT2D eigenvalue weighted by Crippen LogP contribution is -2.25. The first-order chi connectivity index (χ1) is 10.3. The predicted octanol–water partition coefficient (Wildman–Crippen LogP) is 1.31. The standard InChI is InChI=1S/C14H18N6O/c1-2-21-14-18-12(17-13(19-14)20-15)16-8-10-7-9-5-3-4-6-11(9)10/h3-6,10H,2,7-8,15H2,1H3,(H2,16,17,18,19,20). The highest BCUT2D eigenvalue weighted by Crippen LogP contribution is 2.34. The highest BCUT2D eigenvalue weighted by atomic mass is 16.5. The van der Waals surface area contributed by atoms with E-state index in [4.69, 9.17) is 10.6 Å². The molecule has 3 rings (SSSR count). The average molecular weight is 286 g/mol. The van der Waals surface area contributed by atoms with Crippen LogP contribution in [0.4, 0.5) is 11.9 Å². The van der Waals surface area contributed by atoms with Crippen molar-refractivity contribution >= 4 is 11.9 Å². The third-order valence-corrected chi connectivity index (χ3v) is 3.49. The fourth-order valence-corrected chi connectivity index (χ4v) is 2.45. The number of hydrogen-bond donors (Lipinski definition) is 3. The molecule has 0 saturated carbocycles. The molecule has 1 aromatic carbocycles. The van der Waals surface area contributed by atoms with Crippen LogP contribution < -0.4 is 21.3 Å². The molecule has 7 nitrogen and oxygen atoms in total. The maximum absolute atomic E-state index is 5.35. The number of benzene rings is 1. The monoisotopic (exact) mass is 286 g/mol. The number of nitrogens with two attached hydrogens (primary N) is 1. The van der Waals surface area contributed by atoms with Crippen LogP contribution in [0.1, 0.15) is 24.0 Å². The van der Waals surface area contributed by atoms with Crippen LogP contribution in [0.3, 0.4) is 0 Å². The Morgan fingerprint density at radius 3 is 2.81 bits per heavy atom. The van der Waals surface area contributed by atoms with Gasteiger partial charge in [0.1, 0.15) is 0 Å². The lowest BCUT2D eigenvalue weighted by molar-refractivity contribution is 0.312. The minimum atomic E-state index is 0.261. The van der Waals surface area contributed by atoms with E-state index in [0.29, 0.717) is 18.5 Å². The van der Waals surface area contributed by atoms with Crippen LogP contribution in [0.5, 0.6) is 6.01 Å². The normalized spacial score (nSPS) is 15.8. The largest absolute Gasteiger partial charge is 0.464 e. The van der Waals surface area contributed by atoms with Gasteiger partial charge in [-0.25, -0.2) is 5.84 Å². The molecule has 0 bridgehead atoms. The smallest absolute Gasteiger partial charge is 0.323 e. The molecule has 1 heterocycles. The molecule has 1 aliphatic rings. The summed E-state index contributed by atoms with van der Waals surface area (Å²) in [4.78, 5) is 12.4. The Labute approximate surface area is 122 Å². The molecule has 1 unspecified atom stereocenters. The van der Waals surface area contributed by atoms with Crippen molar-refractivity contribution in [2.24, 2.45) is 5.84 Å². The maximum atomic E-state index is 5.35. The SMILES string of the molecule is CCOc1nc(NN)nc(NCC2Cc3ccccc32)n1. The molecule has 7 heteroatoms. The summed E-state index contributed by atoms with van der Waals surface area (Å²) in [5.74, 6) is 6.59. The van der Waals surface area contributed by atoms with Crippen molar-refractivity contribution in [3.8, 4) is 6.01 Å².